The predicted octanol–water partition coefficient (Wildman–Crippen LogP) is -0.548. The molecule has 0 fully saturated rings. The number of nitrogens with one attached hydrogen (secondary N) is 4. The Kier molecular flexibility index (Phi) is 4.60. The van der Waals surface area contributed by atoms with Crippen molar-refractivity contribution < 1.29 is 0 Å². The van der Waals surface area contributed by atoms with E-state index in [0.29, 0.717) is 0 Å². The van der Waals surface area contributed by atoms with Gasteiger partial charge in [0.1, 0.15) is 0 Å². The van der Waals surface area contributed by atoms with E-state index in [1.54, 1.807) is 12.4 Å². The van der Waals surface area contributed by atoms with Gasteiger partial charge in [0, 0.05) is 13.1 Å². The highest BCUT2D eigenvalue weighted by molar-refractivity contribution is 5.87. The predicted molar refractivity (Wildman–Crippen MR) is 88.5 cm³/mol. The second kappa shape index (κ2) is 7.21. The lowest BCUT2D eigenvalue weighted by Gasteiger charge is -2.00. The number of rotatable bonds is 4. The van der Waals surface area contributed by atoms with E-state index in [1.807, 2.05) is 24.3 Å². The summed E-state index contributed by atoms with van der Waals surface area (Å²) in [5, 5.41) is 14.4. The third kappa shape index (κ3) is 4.05. The first kappa shape index (κ1) is 14.1. The van der Waals surface area contributed by atoms with E-state index in [4.69, 9.17) is 0 Å². The van der Waals surface area contributed by atoms with E-state index in [0.717, 1.165) is 49.2 Å². The number of hydrogen-bond donors (Lipinski definition) is 4. The third-order valence-electron chi connectivity index (χ3n) is 3.05. The van der Waals surface area contributed by atoms with Crippen LogP contribution in [0.4, 0.5) is 0 Å². The monoisotopic (exact) mass is 298 g/mol. The lowest BCUT2D eigenvalue weighted by molar-refractivity contribution is 0.919. The molecule has 0 saturated heterocycles. The van der Waals surface area contributed by atoms with Crippen LogP contribution in [0.25, 0.3) is 0 Å². The molecule has 0 bridgehead atoms. The van der Waals surface area contributed by atoms with Crippen LogP contribution in [0.15, 0.2) is 44.5 Å². The molecule has 2 aliphatic heterocycles. The third-order valence-corrected chi connectivity index (χ3v) is 3.05. The molecule has 8 heteroatoms. The molecule has 22 heavy (non-hydrogen) atoms. The van der Waals surface area contributed by atoms with Crippen LogP contribution in [0, 0.1) is 0 Å². The largest absolute Gasteiger partial charge is 0.353 e. The van der Waals surface area contributed by atoms with Gasteiger partial charge in [0.25, 0.3) is 0 Å². The normalized spacial score (nSPS) is 17.3. The molecular weight excluding hydrogens is 280 g/mol. The van der Waals surface area contributed by atoms with E-state index in [1.165, 1.54) is 0 Å². The molecule has 1 aromatic rings. The first-order chi connectivity index (χ1) is 10.9. The number of guanidine groups is 2. The smallest absolute Gasteiger partial charge is 0.212 e. The summed E-state index contributed by atoms with van der Waals surface area (Å²) >= 11 is 0. The lowest BCUT2D eigenvalue weighted by atomic mass is 10.2. The fourth-order valence-electron chi connectivity index (χ4n) is 1.95. The van der Waals surface area contributed by atoms with Gasteiger partial charge in [0.15, 0.2) is 0 Å². The first-order valence-electron chi connectivity index (χ1n) is 7.15. The number of aliphatic imine (C=N–C) groups is 2. The van der Waals surface area contributed by atoms with Gasteiger partial charge in [-0.2, -0.15) is 10.2 Å². The van der Waals surface area contributed by atoms with Crippen molar-refractivity contribution in [3.63, 3.8) is 0 Å². The molecule has 1 aromatic carbocycles. The van der Waals surface area contributed by atoms with Crippen LogP contribution in [0.5, 0.6) is 0 Å². The van der Waals surface area contributed by atoms with Gasteiger partial charge >= 0.3 is 0 Å². The summed E-state index contributed by atoms with van der Waals surface area (Å²) in [7, 11) is 0. The molecule has 0 aliphatic carbocycles. The Bertz CT molecular complexity index is 559. The molecule has 0 unspecified atom stereocenters. The average Bonchev–Trinajstić information content (AvgIpc) is 3.22. The summed E-state index contributed by atoms with van der Waals surface area (Å²) in [5.74, 6) is 1.43. The Morgan fingerprint density at radius 1 is 0.818 bits per heavy atom. The topological polar surface area (TPSA) is 97.6 Å². The van der Waals surface area contributed by atoms with Crippen molar-refractivity contribution in [2.24, 2.45) is 20.2 Å². The van der Waals surface area contributed by atoms with Crippen molar-refractivity contribution >= 4 is 24.3 Å². The lowest BCUT2D eigenvalue weighted by Crippen LogP contribution is -2.30. The van der Waals surface area contributed by atoms with Crippen molar-refractivity contribution in [1.29, 1.82) is 0 Å². The number of hydrazone groups is 2. The van der Waals surface area contributed by atoms with E-state index in [9.17, 15) is 0 Å². The van der Waals surface area contributed by atoms with Gasteiger partial charge in [-0.25, -0.2) is 20.8 Å². The van der Waals surface area contributed by atoms with Crippen molar-refractivity contribution in [2.75, 3.05) is 26.2 Å². The average molecular weight is 298 g/mol. The quantitative estimate of drug-likeness (QED) is 0.443. The van der Waals surface area contributed by atoms with Crippen LogP contribution in [0.1, 0.15) is 11.1 Å². The minimum absolute atomic E-state index is 0.717. The maximum Gasteiger partial charge on any atom is 0.212 e. The van der Waals surface area contributed by atoms with Crippen LogP contribution < -0.4 is 21.5 Å². The zero-order valence-corrected chi connectivity index (χ0v) is 12.1. The van der Waals surface area contributed by atoms with E-state index in [-0.39, 0.29) is 0 Å². The zero-order valence-electron chi connectivity index (χ0n) is 12.1. The highest BCUT2D eigenvalue weighted by Gasteiger charge is 2.02. The Hall–Kier alpha value is -2.90. The summed E-state index contributed by atoms with van der Waals surface area (Å²) in [5.41, 5.74) is 7.72. The number of hydrogen-bond acceptors (Lipinski definition) is 8. The Morgan fingerprint density at radius 2 is 1.27 bits per heavy atom. The Balaban J connectivity index is 1.48. The maximum absolute atomic E-state index is 4.19. The minimum Gasteiger partial charge on any atom is -0.353 e. The first-order valence-corrected chi connectivity index (χ1v) is 7.15. The van der Waals surface area contributed by atoms with E-state index >= 15 is 0 Å². The molecule has 0 spiro atoms. The minimum atomic E-state index is 0.717. The summed E-state index contributed by atoms with van der Waals surface area (Å²) < 4.78 is 0. The van der Waals surface area contributed by atoms with Gasteiger partial charge in [0.05, 0.1) is 25.5 Å². The molecule has 0 aromatic heterocycles. The highest BCUT2D eigenvalue weighted by atomic mass is 15.4. The van der Waals surface area contributed by atoms with Gasteiger partial charge < -0.3 is 10.6 Å². The summed E-state index contributed by atoms with van der Waals surface area (Å²) in [4.78, 5) is 8.38. The molecule has 0 radical (unpaired) electrons. The van der Waals surface area contributed by atoms with Crippen LogP contribution in [-0.4, -0.2) is 50.5 Å². The SMILES string of the molecule is C(=NNC1=NCCN1)c1ccc(C=NNC2=NCCN2)cc1. The summed E-state index contributed by atoms with van der Waals surface area (Å²) in [6.45, 7) is 3.31. The van der Waals surface area contributed by atoms with Crippen molar-refractivity contribution in [1.82, 2.24) is 21.5 Å². The molecule has 0 saturated carbocycles. The second-order valence-corrected chi connectivity index (χ2v) is 4.72. The standard InChI is InChI=1S/C14H18N8/c1-2-12(10-20-22-14-17-7-8-18-14)4-3-11(1)9-19-21-13-15-5-6-16-13/h1-4,9-10H,5-8H2,(H2,15,16,21)(H2,17,18,22). The van der Waals surface area contributed by atoms with Gasteiger partial charge in [0.2, 0.25) is 11.9 Å². The fraction of sp³-hybridized carbons (Fsp3) is 0.286. The molecule has 114 valence electrons. The molecule has 2 aliphatic rings. The molecular formula is C14H18N8. The zero-order chi connectivity index (χ0) is 15.0. The van der Waals surface area contributed by atoms with Crippen LogP contribution in [0.3, 0.4) is 0 Å². The number of benzene rings is 1. The van der Waals surface area contributed by atoms with Crippen LogP contribution in [0.2, 0.25) is 0 Å². The summed E-state index contributed by atoms with van der Waals surface area (Å²) in [6, 6.07) is 7.90. The molecule has 2 heterocycles. The van der Waals surface area contributed by atoms with Gasteiger partial charge in [-0.3, -0.25) is 0 Å². The number of nitrogens with zero attached hydrogens (tertiary/aromatic N) is 4. The van der Waals surface area contributed by atoms with Crippen molar-refractivity contribution in [2.45, 2.75) is 0 Å². The Labute approximate surface area is 128 Å². The second-order valence-electron chi connectivity index (χ2n) is 4.72. The molecule has 3 rings (SSSR count). The van der Waals surface area contributed by atoms with Gasteiger partial charge in [-0.15, -0.1) is 0 Å². The van der Waals surface area contributed by atoms with Crippen molar-refractivity contribution in [3.8, 4) is 0 Å². The van der Waals surface area contributed by atoms with Crippen LogP contribution >= 0.6 is 0 Å². The molecule has 4 N–H and O–H groups in total. The van der Waals surface area contributed by atoms with Gasteiger partial charge in [-0.05, 0) is 11.1 Å². The van der Waals surface area contributed by atoms with E-state index in [2.05, 4.69) is 41.7 Å². The molecule has 0 atom stereocenters. The Morgan fingerprint density at radius 3 is 1.64 bits per heavy atom. The van der Waals surface area contributed by atoms with Crippen molar-refractivity contribution in [3.05, 3.63) is 35.4 Å². The highest BCUT2D eigenvalue weighted by Crippen LogP contribution is 2.00. The summed E-state index contributed by atoms with van der Waals surface area (Å²) in [6.07, 6.45) is 3.50. The van der Waals surface area contributed by atoms with Crippen LogP contribution in [-0.2, 0) is 0 Å². The molecule has 8 nitrogen and oxygen atoms in total. The van der Waals surface area contributed by atoms with E-state index < -0.39 is 0 Å². The van der Waals surface area contributed by atoms with Gasteiger partial charge in [-0.1, -0.05) is 24.3 Å². The molecule has 0 amide bonds. The fourth-order valence-corrected chi connectivity index (χ4v) is 1.95. The maximum atomic E-state index is 4.19.